The number of methoxy groups -OCH3 is 1. The van der Waals surface area contributed by atoms with E-state index in [1.807, 2.05) is 0 Å². The average molecular weight is 230 g/mol. The van der Waals surface area contributed by atoms with Gasteiger partial charge in [-0.15, -0.1) is 0 Å². The molecule has 1 unspecified atom stereocenters. The Hall–Kier alpha value is -0.390. The number of halogens is 3. The van der Waals surface area contributed by atoms with Gasteiger partial charge >= 0.3 is 12.1 Å². The largest absolute Gasteiger partial charge is 0.469 e. The molecule has 0 radical (unpaired) electrons. The third-order valence-corrected chi connectivity index (χ3v) is 2.65. The topological polar surface area (TPSA) is 26.3 Å². The van der Waals surface area contributed by atoms with Crippen LogP contribution in [-0.4, -0.2) is 30.3 Å². The lowest BCUT2D eigenvalue weighted by Crippen LogP contribution is -2.12. The summed E-state index contributed by atoms with van der Waals surface area (Å²) in [6.07, 6.45) is -4.78. The second-order valence-corrected chi connectivity index (χ2v) is 4.37. The summed E-state index contributed by atoms with van der Waals surface area (Å²) in [6, 6.07) is 0. The lowest BCUT2D eigenvalue weighted by molar-refractivity contribution is -0.140. The molecule has 0 aliphatic rings. The van der Waals surface area contributed by atoms with E-state index in [9.17, 15) is 18.0 Å². The van der Waals surface area contributed by atoms with E-state index in [2.05, 4.69) is 4.74 Å². The van der Waals surface area contributed by atoms with Crippen LogP contribution in [0.15, 0.2) is 0 Å². The molecule has 0 aliphatic heterocycles. The molecule has 0 aromatic carbocycles. The molecule has 0 saturated heterocycles. The second-order valence-electron chi connectivity index (χ2n) is 2.83. The van der Waals surface area contributed by atoms with Crippen LogP contribution >= 0.6 is 11.8 Å². The van der Waals surface area contributed by atoms with Gasteiger partial charge in [-0.2, -0.15) is 24.9 Å². The maximum Gasteiger partial charge on any atom is 0.389 e. The Balaban J connectivity index is 3.54. The zero-order chi connectivity index (χ0) is 11.2. The molecular weight excluding hydrogens is 217 g/mol. The molecule has 0 bridgehead atoms. The number of ether oxygens (including phenoxy) is 1. The fourth-order valence-corrected chi connectivity index (χ4v) is 1.76. The molecule has 0 rings (SSSR count). The Morgan fingerprint density at radius 1 is 1.50 bits per heavy atom. The minimum Gasteiger partial charge on any atom is -0.469 e. The van der Waals surface area contributed by atoms with E-state index in [4.69, 9.17) is 0 Å². The molecule has 1 atom stereocenters. The van der Waals surface area contributed by atoms with Crippen LogP contribution in [0.5, 0.6) is 0 Å². The third kappa shape index (κ3) is 8.22. The lowest BCUT2D eigenvalue weighted by atomic mass is 10.3. The van der Waals surface area contributed by atoms with E-state index in [1.165, 1.54) is 7.11 Å². The molecule has 2 nitrogen and oxygen atoms in total. The van der Waals surface area contributed by atoms with Gasteiger partial charge in [-0.05, 0) is 0 Å². The van der Waals surface area contributed by atoms with E-state index in [-0.39, 0.29) is 17.4 Å². The van der Waals surface area contributed by atoms with E-state index in [0.717, 1.165) is 11.8 Å². The Morgan fingerprint density at radius 2 is 2.07 bits per heavy atom. The number of esters is 1. The Bertz CT molecular complexity index is 182. The van der Waals surface area contributed by atoms with E-state index >= 15 is 0 Å². The zero-order valence-corrected chi connectivity index (χ0v) is 8.87. The van der Waals surface area contributed by atoms with Crippen molar-refractivity contribution in [3.05, 3.63) is 0 Å². The number of carbonyl (C=O) groups excluding carboxylic acids is 1. The highest BCUT2D eigenvalue weighted by Crippen LogP contribution is 2.24. The van der Waals surface area contributed by atoms with Crippen molar-refractivity contribution in [1.82, 2.24) is 0 Å². The van der Waals surface area contributed by atoms with Crippen LogP contribution in [0, 0.1) is 0 Å². The molecule has 0 spiro atoms. The van der Waals surface area contributed by atoms with Gasteiger partial charge in [0.05, 0.1) is 20.0 Å². The molecule has 0 saturated carbocycles. The molecule has 0 fully saturated rings. The van der Waals surface area contributed by atoms with Crippen molar-refractivity contribution >= 4 is 17.7 Å². The van der Waals surface area contributed by atoms with Crippen molar-refractivity contribution in [2.45, 2.75) is 31.2 Å². The third-order valence-electron chi connectivity index (χ3n) is 1.47. The summed E-state index contributed by atoms with van der Waals surface area (Å²) in [5, 5.41) is -0.134. The van der Waals surface area contributed by atoms with Gasteiger partial charge in [-0.25, -0.2) is 0 Å². The first-order chi connectivity index (χ1) is 6.35. The van der Waals surface area contributed by atoms with Crippen LogP contribution in [-0.2, 0) is 9.53 Å². The smallest absolute Gasteiger partial charge is 0.389 e. The summed E-state index contributed by atoms with van der Waals surface area (Å²) in [7, 11) is 1.26. The number of carbonyl (C=O) groups is 1. The first-order valence-corrected chi connectivity index (χ1v) is 5.15. The first kappa shape index (κ1) is 13.6. The highest BCUT2D eigenvalue weighted by Gasteiger charge is 2.26. The Kier molecular flexibility index (Phi) is 5.99. The van der Waals surface area contributed by atoms with E-state index in [0.29, 0.717) is 0 Å². The lowest BCUT2D eigenvalue weighted by Gasteiger charge is -2.10. The molecule has 0 N–H and O–H groups in total. The molecule has 0 aromatic heterocycles. The van der Waals surface area contributed by atoms with Gasteiger partial charge in [0.1, 0.15) is 0 Å². The average Bonchev–Trinajstić information content (AvgIpc) is 2.01. The number of alkyl halides is 3. The van der Waals surface area contributed by atoms with Crippen molar-refractivity contribution in [3.63, 3.8) is 0 Å². The normalized spacial score (nSPS) is 13.8. The maximum atomic E-state index is 11.7. The summed E-state index contributed by atoms with van der Waals surface area (Å²) in [5.41, 5.74) is 0. The Morgan fingerprint density at radius 3 is 2.50 bits per heavy atom. The highest BCUT2D eigenvalue weighted by molar-refractivity contribution is 7.99. The molecule has 0 amide bonds. The molecule has 14 heavy (non-hydrogen) atoms. The minimum atomic E-state index is -4.11. The van der Waals surface area contributed by atoms with Crippen LogP contribution in [0.2, 0.25) is 0 Å². The van der Waals surface area contributed by atoms with Crippen molar-refractivity contribution in [3.8, 4) is 0 Å². The molecule has 0 aromatic rings. The van der Waals surface area contributed by atoms with E-state index < -0.39 is 18.6 Å². The van der Waals surface area contributed by atoms with Gasteiger partial charge in [0, 0.05) is 11.0 Å². The predicted octanol–water partition coefficient (Wildman–Crippen LogP) is 2.62. The van der Waals surface area contributed by atoms with Gasteiger partial charge in [0.15, 0.2) is 0 Å². The standard InChI is InChI=1S/C8H13F3O2S/c1-6(5-7(12)13-2)14-4-3-8(9,10)11/h6H,3-5H2,1-2H3. The van der Waals surface area contributed by atoms with Gasteiger partial charge in [0.25, 0.3) is 0 Å². The van der Waals surface area contributed by atoms with Gasteiger partial charge in [-0.3, -0.25) is 4.79 Å². The summed E-state index contributed by atoms with van der Waals surface area (Å²) >= 11 is 1.13. The fourth-order valence-electron chi connectivity index (χ4n) is 0.753. The van der Waals surface area contributed by atoms with Crippen LogP contribution in [0.4, 0.5) is 13.2 Å². The van der Waals surface area contributed by atoms with Gasteiger partial charge in [0.2, 0.25) is 0 Å². The maximum absolute atomic E-state index is 11.7. The number of hydrogen-bond donors (Lipinski definition) is 0. The van der Waals surface area contributed by atoms with Crippen molar-refractivity contribution in [2.24, 2.45) is 0 Å². The molecule has 6 heteroatoms. The molecular formula is C8H13F3O2S. The van der Waals surface area contributed by atoms with Crippen LogP contribution in [0.1, 0.15) is 19.8 Å². The van der Waals surface area contributed by atoms with Crippen LogP contribution in [0.3, 0.4) is 0 Å². The van der Waals surface area contributed by atoms with Crippen molar-refractivity contribution < 1.29 is 22.7 Å². The SMILES string of the molecule is COC(=O)CC(C)SCCC(F)(F)F. The predicted molar refractivity (Wildman–Crippen MR) is 49.2 cm³/mol. The number of thioether (sulfide) groups is 1. The fraction of sp³-hybridized carbons (Fsp3) is 0.875. The molecule has 0 heterocycles. The van der Waals surface area contributed by atoms with Crippen molar-refractivity contribution in [2.75, 3.05) is 12.9 Å². The van der Waals surface area contributed by atoms with Crippen LogP contribution < -0.4 is 0 Å². The Labute approximate surface area is 85.2 Å². The van der Waals surface area contributed by atoms with Gasteiger partial charge < -0.3 is 4.74 Å². The monoisotopic (exact) mass is 230 g/mol. The highest BCUT2D eigenvalue weighted by atomic mass is 32.2. The molecule has 84 valence electrons. The molecule has 0 aliphatic carbocycles. The summed E-state index contributed by atoms with van der Waals surface area (Å²) in [4.78, 5) is 10.7. The van der Waals surface area contributed by atoms with Crippen molar-refractivity contribution in [1.29, 1.82) is 0 Å². The first-order valence-electron chi connectivity index (χ1n) is 4.10. The summed E-state index contributed by atoms with van der Waals surface area (Å²) in [5.74, 6) is -0.404. The summed E-state index contributed by atoms with van der Waals surface area (Å²) in [6.45, 7) is 1.71. The van der Waals surface area contributed by atoms with Crippen LogP contribution in [0.25, 0.3) is 0 Å². The second kappa shape index (κ2) is 6.16. The zero-order valence-electron chi connectivity index (χ0n) is 8.06. The van der Waals surface area contributed by atoms with E-state index in [1.54, 1.807) is 6.92 Å². The summed E-state index contributed by atoms with van der Waals surface area (Å²) < 4.78 is 39.6. The number of rotatable bonds is 5. The minimum absolute atomic E-state index is 0.0122. The van der Waals surface area contributed by atoms with Gasteiger partial charge in [-0.1, -0.05) is 6.92 Å². The number of hydrogen-bond acceptors (Lipinski definition) is 3. The quantitative estimate of drug-likeness (QED) is 0.679.